The molecule has 0 saturated heterocycles. The van der Waals surface area contributed by atoms with Crippen molar-refractivity contribution in [2.24, 2.45) is 0 Å². The lowest BCUT2D eigenvalue weighted by Crippen LogP contribution is -2.29. The van der Waals surface area contributed by atoms with Crippen LogP contribution in [0.25, 0.3) is 0 Å². The lowest BCUT2D eigenvalue weighted by atomic mass is 10.4. The molecule has 0 N–H and O–H groups in total. The van der Waals surface area contributed by atoms with Crippen LogP contribution in [0, 0.1) is 0 Å². The van der Waals surface area contributed by atoms with Gasteiger partial charge in [-0.2, -0.15) is 0 Å². The molecule has 5 heteroatoms. The zero-order valence-electron chi connectivity index (χ0n) is 10.2. The summed E-state index contributed by atoms with van der Waals surface area (Å²) in [5.41, 5.74) is 0. The van der Waals surface area contributed by atoms with Crippen molar-refractivity contribution < 1.29 is 23.7 Å². The number of hydrogen-bond acceptors (Lipinski definition) is 5. The van der Waals surface area contributed by atoms with Gasteiger partial charge in [0.25, 0.3) is 0 Å². The Morgan fingerprint density at radius 1 is 0.733 bits per heavy atom. The summed E-state index contributed by atoms with van der Waals surface area (Å²) >= 11 is 0. The quantitative estimate of drug-likeness (QED) is 0.551. The monoisotopic (exact) mass is 222 g/mol. The molecule has 0 fully saturated rings. The highest BCUT2D eigenvalue weighted by Crippen LogP contribution is 2.11. The van der Waals surface area contributed by atoms with Crippen molar-refractivity contribution in [3.8, 4) is 0 Å². The fourth-order valence-electron chi connectivity index (χ4n) is 1.14. The zero-order valence-corrected chi connectivity index (χ0v) is 10.2. The van der Waals surface area contributed by atoms with Crippen LogP contribution in [0.15, 0.2) is 0 Å². The third-order valence-corrected chi connectivity index (χ3v) is 2.07. The van der Waals surface area contributed by atoms with E-state index in [2.05, 4.69) is 0 Å². The molecule has 15 heavy (non-hydrogen) atoms. The first-order valence-electron chi connectivity index (χ1n) is 4.98. The number of rotatable bonds is 9. The lowest BCUT2D eigenvalue weighted by molar-refractivity contribution is -0.253. The first kappa shape index (κ1) is 14.8. The van der Waals surface area contributed by atoms with Gasteiger partial charge in [0.15, 0.2) is 18.9 Å². The largest absolute Gasteiger partial charge is 0.356 e. The molecule has 92 valence electrons. The van der Waals surface area contributed by atoms with Crippen LogP contribution < -0.4 is 0 Å². The van der Waals surface area contributed by atoms with E-state index in [1.54, 1.807) is 28.4 Å². The maximum absolute atomic E-state index is 5.53. The Labute approximate surface area is 91.6 Å². The summed E-state index contributed by atoms with van der Waals surface area (Å²) in [6.45, 7) is 1.98. The van der Waals surface area contributed by atoms with Crippen molar-refractivity contribution >= 4 is 0 Å². The van der Waals surface area contributed by atoms with E-state index in [0.717, 1.165) is 6.42 Å². The zero-order chi connectivity index (χ0) is 11.7. The Balaban J connectivity index is 4.00. The summed E-state index contributed by atoms with van der Waals surface area (Å²) in [5.74, 6) is 0. The molecular formula is C10H22O5. The second-order valence-electron chi connectivity index (χ2n) is 3.01. The van der Waals surface area contributed by atoms with Crippen molar-refractivity contribution in [2.45, 2.75) is 38.6 Å². The van der Waals surface area contributed by atoms with Crippen LogP contribution in [0.4, 0.5) is 0 Å². The Kier molecular flexibility index (Phi) is 8.94. The second-order valence-corrected chi connectivity index (χ2v) is 3.01. The van der Waals surface area contributed by atoms with Gasteiger partial charge >= 0.3 is 0 Å². The Morgan fingerprint density at radius 3 is 1.53 bits per heavy atom. The normalized spacial score (nSPS) is 15.6. The summed E-state index contributed by atoms with van der Waals surface area (Å²) in [5, 5.41) is 0. The topological polar surface area (TPSA) is 46.2 Å². The predicted molar refractivity (Wildman–Crippen MR) is 55.4 cm³/mol. The van der Waals surface area contributed by atoms with Crippen molar-refractivity contribution in [3.05, 3.63) is 0 Å². The molecule has 0 aliphatic rings. The second kappa shape index (κ2) is 9.06. The van der Waals surface area contributed by atoms with Gasteiger partial charge in [-0.05, 0) is 6.42 Å². The molecule has 2 atom stereocenters. The van der Waals surface area contributed by atoms with Crippen LogP contribution in [0.3, 0.4) is 0 Å². The molecule has 0 radical (unpaired) electrons. The van der Waals surface area contributed by atoms with Gasteiger partial charge in [0.05, 0.1) is 0 Å². The first-order valence-corrected chi connectivity index (χ1v) is 4.98. The van der Waals surface area contributed by atoms with Gasteiger partial charge in [0.1, 0.15) is 0 Å². The van der Waals surface area contributed by atoms with E-state index in [0.29, 0.717) is 6.42 Å². The molecule has 0 aromatic carbocycles. The molecule has 0 heterocycles. The standard InChI is InChI=1S/C10H22O5/c1-6-8(11-2)15-10(14-5)7-9(12-3)13-4/h8-10H,6-7H2,1-5H3. The molecule has 0 amide bonds. The van der Waals surface area contributed by atoms with Gasteiger partial charge < -0.3 is 23.7 Å². The minimum absolute atomic E-state index is 0.260. The fraction of sp³-hybridized carbons (Fsp3) is 1.00. The van der Waals surface area contributed by atoms with Gasteiger partial charge in [0, 0.05) is 34.9 Å². The predicted octanol–water partition coefficient (Wildman–Crippen LogP) is 1.37. The Bertz CT molecular complexity index is 120. The molecular weight excluding hydrogens is 200 g/mol. The smallest absolute Gasteiger partial charge is 0.165 e. The van der Waals surface area contributed by atoms with E-state index in [-0.39, 0.29) is 18.9 Å². The highest BCUT2D eigenvalue weighted by atomic mass is 16.8. The molecule has 0 bridgehead atoms. The number of methoxy groups -OCH3 is 4. The van der Waals surface area contributed by atoms with E-state index in [4.69, 9.17) is 23.7 Å². The third-order valence-electron chi connectivity index (χ3n) is 2.07. The van der Waals surface area contributed by atoms with Crippen LogP contribution in [0.1, 0.15) is 19.8 Å². The molecule has 0 saturated carbocycles. The van der Waals surface area contributed by atoms with Crippen LogP contribution >= 0.6 is 0 Å². The number of ether oxygens (including phenoxy) is 5. The maximum atomic E-state index is 5.53. The molecule has 0 aromatic rings. The minimum atomic E-state index is -0.389. The van der Waals surface area contributed by atoms with Crippen LogP contribution in [-0.4, -0.2) is 47.3 Å². The van der Waals surface area contributed by atoms with Crippen LogP contribution in [0.5, 0.6) is 0 Å². The summed E-state index contributed by atoms with van der Waals surface area (Å²) in [4.78, 5) is 0. The first-order chi connectivity index (χ1) is 7.21. The van der Waals surface area contributed by atoms with E-state index in [9.17, 15) is 0 Å². The Morgan fingerprint density at radius 2 is 1.20 bits per heavy atom. The van der Waals surface area contributed by atoms with Crippen LogP contribution in [-0.2, 0) is 23.7 Å². The lowest BCUT2D eigenvalue weighted by Gasteiger charge is -2.24. The van der Waals surface area contributed by atoms with E-state index in [1.807, 2.05) is 6.92 Å². The summed E-state index contributed by atoms with van der Waals surface area (Å²) in [6.07, 6.45) is 0.290. The summed E-state index contributed by atoms with van der Waals surface area (Å²) in [6, 6.07) is 0. The van der Waals surface area contributed by atoms with E-state index >= 15 is 0 Å². The van der Waals surface area contributed by atoms with E-state index < -0.39 is 0 Å². The van der Waals surface area contributed by atoms with E-state index in [1.165, 1.54) is 0 Å². The van der Waals surface area contributed by atoms with Gasteiger partial charge in [-0.3, -0.25) is 0 Å². The molecule has 0 aromatic heterocycles. The maximum Gasteiger partial charge on any atom is 0.165 e. The third kappa shape index (κ3) is 6.06. The van der Waals surface area contributed by atoms with Crippen molar-refractivity contribution in [3.63, 3.8) is 0 Å². The van der Waals surface area contributed by atoms with Gasteiger partial charge in [-0.1, -0.05) is 6.92 Å². The van der Waals surface area contributed by atoms with Crippen molar-refractivity contribution in [2.75, 3.05) is 28.4 Å². The molecule has 2 unspecified atom stereocenters. The van der Waals surface area contributed by atoms with Crippen molar-refractivity contribution in [1.82, 2.24) is 0 Å². The fourth-order valence-corrected chi connectivity index (χ4v) is 1.14. The van der Waals surface area contributed by atoms with Crippen LogP contribution in [0.2, 0.25) is 0 Å². The molecule has 5 nitrogen and oxygen atoms in total. The number of hydrogen-bond donors (Lipinski definition) is 0. The summed E-state index contributed by atoms with van der Waals surface area (Å²) < 4.78 is 25.9. The summed E-state index contributed by atoms with van der Waals surface area (Å²) in [7, 11) is 6.34. The molecule has 0 aliphatic heterocycles. The SMILES string of the molecule is CCC(OC)OC(CC(OC)OC)OC. The average Bonchev–Trinajstić information content (AvgIpc) is 2.30. The Hall–Kier alpha value is -0.200. The highest BCUT2D eigenvalue weighted by molar-refractivity contribution is 4.51. The van der Waals surface area contributed by atoms with Gasteiger partial charge in [-0.15, -0.1) is 0 Å². The van der Waals surface area contributed by atoms with Gasteiger partial charge in [0.2, 0.25) is 0 Å². The average molecular weight is 222 g/mol. The molecule has 0 spiro atoms. The molecule has 0 aliphatic carbocycles. The van der Waals surface area contributed by atoms with Crippen molar-refractivity contribution in [1.29, 1.82) is 0 Å². The molecule has 0 rings (SSSR count). The van der Waals surface area contributed by atoms with Gasteiger partial charge in [-0.25, -0.2) is 0 Å². The highest BCUT2D eigenvalue weighted by Gasteiger charge is 2.19. The minimum Gasteiger partial charge on any atom is -0.356 e.